The number of carbonyl (C=O) groups is 1. The number of hydrogen-bond donors (Lipinski definition) is 1. The summed E-state index contributed by atoms with van der Waals surface area (Å²) >= 11 is 0. The Morgan fingerprint density at radius 2 is 1.76 bits per heavy atom. The smallest absolute Gasteiger partial charge is 0.239 e. The molecule has 0 radical (unpaired) electrons. The molecule has 29 heavy (non-hydrogen) atoms. The van der Waals surface area contributed by atoms with Crippen molar-refractivity contribution in [2.24, 2.45) is 0 Å². The van der Waals surface area contributed by atoms with Gasteiger partial charge < -0.3 is 9.88 Å². The number of nitrogens with zero attached hydrogens (tertiary/aromatic N) is 3. The lowest BCUT2D eigenvalue weighted by Crippen LogP contribution is -2.29. The zero-order chi connectivity index (χ0) is 20.2. The van der Waals surface area contributed by atoms with Crippen molar-refractivity contribution in [3.8, 4) is 11.3 Å². The van der Waals surface area contributed by atoms with Crippen LogP contribution < -0.4 is 5.32 Å². The standard InChI is InChI=1S/C24H26N4O/c1-18-15-19(2)28(26-18)14-8-13-25-24(29)17-27-22-12-7-6-11-21(22)16-23(27)20-9-4-3-5-10-20/h3-7,9-12,15-16H,8,13-14,17H2,1-2H3,(H,25,29). The van der Waals surface area contributed by atoms with Gasteiger partial charge in [-0.15, -0.1) is 0 Å². The number of fused-ring (bicyclic) bond motifs is 1. The van der Waals surface area contributed by atoms with E-state index in [1.165, 1.54) is 0 Å². The molecule has 1 N–H and O–H groups in total. The van der Waals surface area contributed by atoms with Crippen LogP contribution in [0.4, 0.5) is 0 Å². The molecule has 1 amide bonds. The number of para-hydroxylation sites is 1. The van der Waals surface area contributed by atoms with Gasteiger partial charge in [0.05, 0.1) is 5.69 Å². The quantitative estimate of drug-likeness (QED) is 0.481. The van der Waals surface area contributed by atoms with E-state index in [4.69, 9.17) is 0 Å². The van der Waals surface area contributed by atoms with E-state index in [2.05, 4.69) is 58.3 Å². The Bertz CT molecular complexity index is 1120. The Morgan fingerprint density at radius 1 is 1.00 bits per heavy atom. The monoisotopic (exact) mass is 386 g/mol. The van der Waals surface area contributed by atoms with Crippen LogP contribution in [0.2, 0.25) is 0 Å². The summed E-state index contributed by atoms with van der Waals surface area (Å²) < 4.78 is 4.09. The molecule has 0 bridgehead atoms. The second-order valence-electron chi connectivity index (χ2n) is 7.39. The zero-order valence-corrected chi connectivity index (χ0v) is 16.9. The van der Waals surface area contributed by atoms with E-state index < -0.39 is 0 Å². The van der Waals surface area contributed by atoms with Crippen LogP contribution in [0.3, 0.4) is 0 Å². The van der Waals surface area contributed by atoms with Gasteiger partial charge in [0.25, 0.3) is 0 Å². The van der Waals surface area contributed by atoms with Crippen LogP contribution in [0, 0.1) is 13.8 Å². The number of rotatable bonds is 7. The van der Waals surface area contributed by atoms with Gasteiger partial charge in [0.2, 0.25) is 5.91 Å². The largest absolute Gasteiger partial charge is 0.354 e. The average molecular weight is 386 g/mol. The highest BCUT2D eigenvalue weighted by Gasteiger charge is 2.13. The SMILES string of the molecule is Cc1cc(C)n(CCCNC(=O)Cn2c(-c3ccccc3)cc3ccccc32)n1. The van der Waals surface area contributed by atoms with Gasteiger partial charge in [-0.3, -0.25) is 9.48 Å². The van der Waals surface area contributed by atoms with Crippen LogP contribution in [0.5, 0.6) is 0 Å². The molecule has 0 spiro atoms. The van der Waals surface area contributed by atoms with Crippen molar-refractivity contribution in [1.29, 1.82) is 0 Å². The summed E-state index contributed by atoms with van der Waals surface area (Å²) in [6.07, 6.45) is 0.853. The zero-order valence-electron chi connectivity index (χ0n) is 16.9. The van der Waals surface area contributed by atoms with Crippen molar-refractivity contribution in [2.75, 3.05) is 6.54 Å². The van der Waals surface area contributed by atoms with Gasteiger partial charge >= 0.3 is 0 Å². The molecule has 148 valence electrons. The Kier molecular flexibility index (Phi) is 5.47. The maximum atomic E-state index is 12.7. The predicted octanol–water partition coefficient (Wildman–Crippen LogP) is 4.33. The summed E-state index contributed by atoms with van der Waals surface area (Å²) in [7, 11) is 0. The van der Waals surface area contributed by atoms with Crippen LogP contribution in [0.15, 0.2) is 66.7 Å². The first-order valence-corrected chi connectivity index (χ1v) is 10.0. The highest BCUT2D eigenvalue weighted by Crippen LogP contribution is 2.28. The third-order valence-electron chi connectivity index (χ3n) is 5.15. The molecule has 4 aromatic rings. The molecular formula is C24H26N4O. The minimum atomic E-state index is 0.0249. The molecule has 4 rings (SSSR count). The summed E-state index contributed by atoms with van der Waals surface area (Å²) in [4.78, 5) is 12.7. The average Bonchev–Trinajstić information content (AvgIpc) is 3.25. The van der Waals surface area contributed by atoms with E-state index in [0.29, 0.717) is 13.1 Å². The van der Waals surface area contributed by atoms with Crippen LogP contribution in [0.1, 0.15) is 17.8 Å². The summed E-state index contributed by atoms with van der Waals surface area (Å²) in [5, 5.41) is 8.67. The number of aromatic nitrogens is 3. The topological polar surface area (TPSA) is 51.9 Å². The fraction of sp³-hybridized carbons (Fsp3) is 0.250. The molecule has 0 aliphatic rings. The lowest BCUT2D eigenvalue weighted by atomic mass is 10.1. The van der Waals surface area contributed by atoms with Crippen molar-refractivity contribution >= 4 is 16.8 Å². The van der Waals surface area contributed by atoms with Crippen LogP contribution >= 0.6 is 0 Å². The molecule has 2 aromatic carbocycles. The molecule has 0 unspecified atom stereocenters. The fourth-order valence-corrected chi connectivity index (χ4v) is 3.79. The summed E-state index contributed by atoms with van der Waals surface area (Å²) in [6, 6.07) is 22.6. The summed E-state index contributed by atoms with van der Waals surface area (Å²) in [5.74, 6) is 0.0249. The maximum Gasteiger partial charge on any atom is 0.239 e. The van der Waals surface area contributed by atoms with Gasteiger partial charge in [0, 0.05) is 35.4 Å². The molecule has 0 aliphatic carbocycles. The van der Waals surface area contributed by atoms with Crippen molar-refractivity contribution in [1.82, 2.24) is 19.7 Å². The first-order chi connectivity index (χ1) is 14.1. The number of amides is 1. The van der Waals surface area contributed by atoms with E-state index in [9.17, 15) is 4.79 Å². The lowest BCUT2D eigenvalue weighted by molar-refractivity contribution is -0.121. The number of benzene rings is 2. The Labute approximate surface area is 171 Å². The lowest BCUT2D eigenvalue weighted by Gasteiger charge is -2.12. The molecule has 2 heterocycles. The van der Waals surface area contributed by atoms with Gasteiger partial charge in [-0.25, -0.2) is 0 Å². The van der Waals surface area contributed by atoms with Gasteiger partial charge in [-0.2, -0.15) is 5.10 Å². The molecule has 0 saturated carbocycles. The van der Waals surface area contributed by atoms with Gasteiger partial charge in [0.15, 0.2) is 0 Å². The number of hydrogen-bond acceptors (Lipinski definition) is 2. The molecule has 0 saturated heterocycles. The molecule has 5 nitrogen and oxygen atoms in total. The molecule has 2 aromatic heterocycles. The fourth-order valence-electron chi connectivity index (χ4n) is 3.79. The molecular weight excluding hydrogens is 360 g/mol. The van der Waals surface area contributed by atoms with Crippen LogP contribution in [-0.2, 0) is 17.9 Å². The minimum absolute atomic E-state index is 0.0249. The molecule has 0 fully saturated rings. The van der Waals surface area contributed by atoms with Crippen molar-refractivity contribution < 1.29 is 4.79 Å². The number of carbonyl (C=O) groups excluding carboxylic acids is 1. The van der Waals surface area contributed by atoms with Gasteiger partial charge in [0.1, 0.15) is 6.54 Å². The van der Waals surface area contributed by atoms with Crippen molar-refractivity contribution in [3.63, 3.8) is 0 Å². The normalized spacial score (nSPS) is 11.1. The van der Waals surface area contributed by atoms with E-state index in [0.717, 1.165) is 46.5 Å². The first-order valence-electron chi connectivity index (χ1n) is 10.0. The van der Waals surface area contributed by atoms with Crippen LogP contribution in [0.25, 0.3) is 22.2 Å². The highest BCUT2D eigenvalue weighted by atomic mass is 16.1. The Balaban J connectivity index is 1.44. The molecule has 0 aliphatic heterocycles. The molecule has 5 heteroatoms. The van der Waals surface area contributed by atoms with E-state index in [1.54, 1.807) is 0 Å². The van der Waals surface area contributed by atoms with Gasteiger partial charge in [-0.1, -0.05) is 48.5 Å². The maximum absolute atomic E-state index is 12.7. The Hall–Kier alpha value is -3.34. The van der Waals surface area contributed by atoms with Gasteiger partial charge in [-0.05, 0) is 44.0 Å². The molecule has 0 atom stereocenters. The predicted molar refractivity (Wildman–Crippen MR) is 117 cm³/mol. The first kappa shape index (κ1) is 19.0. The number of aryl methyl sites for hydroxylation is 3. The highest BCUT2D eigenvalue weighted by molar-refractivity contribution is 5.89. The van der Waals surface area contributed by atoms with Crippen molar-refractivity contribution in [3.05, 3.63) is 78.1 Å². The summed E-state index contributed by atoms with van der Waals surface area (Å²) in [6.45, 7) is 5.80. The van der Waals surface area contributed by atoms with Crippen molar-refractivity contribution in [2.45, 2.75) is 33.4 Å². The van der Waals surface area contributed by atoms with E-state index in [-0.39, 0.29) is 5.91 Å². The van der Waals surface area contributed by atoms with Crippen LogP contribution in [-0.4, -0.2) is 26.8 Å². The van der Waals surface area contributed by atoms with E-state index >= 15 is 0 Å². The summed E-state index contributed by atoms with van der Waals surface area (Å²) in [5.41, 5.74) is 5.43. The third-order valence-corrected chi connectivity index (χ3v) is 5.15. The number of nitrogens with one attached hydrogen (secondary N) is 1. The minimum Gasteiger partial charge on any atom is -0.354 e. The van der Waals surface area contributed by atoms with E-state index in [1.807, 2.05) is 41.9 Å². The second-order valence-corrected chi connectivity index (χ2v) is 7.39. The second kappa shape index (κ2) is 8.35. The third kappa shape index (κ3) is 4.24. The Morgan fingerprint density at radius 3 is 2.52 bits per heavy atom.